The molecule has 0 unspecified atom stereocenters. The van der Waals surface area contributed by atoms with E-state index < -0.39 is 11.6 Å². The van der Waals surface area contributed by atoms with Gasteiger partial charge in [0.05, 0.1) is 17.8 Å². The standard InChI is InChI=1S/C23H26F2N4O2/c24-18-6-3-14(10-19(18)25)11-28-8-1-2-16(12-28)21-26-20-7-9-29(23(31)15-4-5-15)13-17(20)22(30)27-21/h3,6,10,15-16H,1-2,4-5,7-9,11-13H2,(H,26,27,30)/t16-/m0/s1. The number of nitrogens with zero attached hydrogens (tertiary/aromatic N) is 3. The predicted octanol–water partition coefficient (Wildman–Crippen LogP) is 2.72. The van der Waals surface area contributed by atoms with E-state index in [0.717, 1.165) is 49.6 Å². The maximum atomic E-state index is 13.5. The number of H-pyrrole nitrogens is 1. The molecule has 1 aromatic heterocycles. The van der Waals surface area contributed by atoms with Crippen molar-refractivity contribution in [3.63, 3.8) is 0 Å². The molecular weight excluding hydrogens is 402 g/mol. The van der Waals surface area contributed by atoms with Crippen LogP contribution in [0.15, 0.2) is 23.0 Å². The number of carbonyl (C=O) groups excluding carboxylic acids is 1. The molecule has 2 aliphatic heterocycles. The van der Waals surface area contributed by atoms with Gasteiger partial charge in [-0.3, -0.25) is 14.5 Å². The largest absolute Gasteiger partial charge is 0.337 e. The molecule has 2 fully saturated rings. The molecule has 1 aromatic carbocycles. The lowest BCUT2D eigenvalue weighted by molar-refractivity contribution is -0.133. The van der Waals surface area contributed by atoms with Gasteiger partial charge in [0, 0.05) is 37.9 Å². The summed E-state index contributed by atoms with van der Waals surface area (Å²) in [6.07, 6.45) is 4.38. The van der Waals surface area contributed by atoms with Crippen molar-refractivity contribution in [2.75, 3.05) is 19.6 Å². The number of benzene rings is 1. The number of piperidine rings is 1. The summed E-state index contributed by atoms with van der Waals surface area (Å²) in [5.41, 5.74) is 1.99. The topological polar surface area (TPSA) is 69.3 Å². The van der Waals surface area contributed by atoms with Crippen molar-refractivity contribution >= 4 is 5.91 Å². The Kier molecular flexibility index (Phi) is 5.33. The second-order valence-corrected chi connectivity index (χ2v) is 8.98. The molecule has 5 rings (SSSR count). The minimum Gasteiger partial charge on any atom is -0.337 e. The number of rotatable bonds is 4. The molecule has 1 N–H and O–H groups in total. The monoisotopic (exact) mass is 428 g/mol. The normalized spacial score (nSPS) is 21.7. The summed E-state index contributed by atoms with van der Waals surface area (Å²) in [7, 11) is 0. The summed E-state index contributed by atoms with van der Waals surface area (Å²) in [4.78, 5) is 36.9. The summed E-state index contributed by atoms with van der Waals surface area (Å²) >= 11 is 0. The van der Waals surface area contributed by atoms with Gasteiger partial charge in [0.2, 0.25) is 5.91 Å². The van der Waals surface area contributed by atoms with Crippen LogP contribution in [0, 0.1) is 17.6 Å². The van der Waals surface area contributed by atoms with Crippen LogP contribution in [0.4, 0.5) is 8.78 Å². The zero-order chi connectivity index (χ0) is 21.5. The fourth-order valence-electron chi connectivity index (χ4n) is 4.73. The highest BCUT2D eigenvalue weighted by Crippen LogP contribution is 2.32. The van der Waals surface area contributed by atoms with Crippen molar-refractivity contribution in [3.8, 4) is 0 Å². The highest BCUT2D eigenvalue weighted by Gasteiger charge is 2.35. The van der Waals surface area contributed by atoms with E-state index in [2.05, 4.69) is 9.88 Å². The third-order valence-corrected chi connectivity index (χ3v) is 6.61. The van der Waals surface area contributed by atoms with E-state index in [1.807, 2.05) is 0 Å². The first kappa shape index (κ1) is 20.3. The molecule has 0 spiro atoms. The lowest BCUT2D eigenvalue weighted by Crippen LogP contribution is -2.41. The lowest BCUT2D eigenvalue weighted by Gasteiger charge is -2.33. The Morgan fingerprint density at radius 2 is 2.00 bits per heavy atom. The Balaban J connectivity index is 1.30. The smallest absolute Gasteiger partial charge is 0.256 e. The Hall–Kier alpha value is -2.61. The Morgan fingerprint density at radius 3 is 2.77 bits per heavy atom. The molecule has 3 aliphatic rings. The lowest BCUT2D eigenvalue weighted by atomic mass is 9.96. The summed E-state index contributed by atoms with van der Waals surface area (Å²) in [6, 6.07) is 4.01. The van der Waals surface area contributed by atoms with Gasteiger partial charge in [0.1, 0.15) is 5.82 Å². The number of amides is 1. The van der Waals surface area contributed by atoms with Crippen molar-refractivity contribution < 1.29 is 13.6 Å². The van der Waals surface area contributed by atoms with Crippen molar-refractivity contribution in [1.82, 2.24) is 19.8 Å². The van der Waals surface area contributed by atoms with Gasteiger partial charge < -0.3 is 9.88 Å². The molecule has 1 aliphatic carbocycles. The number of hydrogen-bond donors (Lipinski definition) is 1. The molecule has 31 heavy (non-hydrogen) atoms. The van der Waals surface area contributed by atoms with Crippen LogP contribution >= 0.6 is 0 Å². The van der Waals surface area contributed by atoms with E-state index in [0.29, 0.717) is 44.0 Å². The highest BCUT2D eigenvalue weighted by molar-refractivity contribution is 5.81. The summed E-state index contributed by atoms with van der Waals surface area (Å²) < 4.78 is 26.7. The molecule has 1 saturated carbocycles. The van der Waals surface area contributed by atoms with Gasteiger partial charge >= 0.3 is 0 Å². The van der Waals surface area contributed by atoms with Crippen LogP contribution in [0.3, 0.4) is 0 Å². The Labute approximate surface area is 179 Å². The SMILES string of the molecule is O=C(C1CC1)N1CCc2nc([C@H]3CCCN(Cc4ccc(F)c(F)c4)C3)[nH]c(=O)c2C1. The van der Waals surface area contributed by atoms with Crippen LogP contribution in [0.5, 0.6) is 0 Å². The second-order valence-electron chi connectivity index (χ2n) is 8.98. The van der Waals surface area contributed by atoms with E-state index in [1.54, 1.807) is 11.0 Å². The molecule has 1 saturated heterocycles. The molecule has 1 amide bonds. The average Bonchev–Trinajstić information content (AvgIpc) is 3.61. The van der Waals surface area contributed by atoms with Crippen LogP contribution < -0.4 is 5.56 Å². The number of halogens is 2. The highest BCUT2D eigenvalue weighted by atomic mass is 19.2. The van der Waals surface area contributed by atoms with Gasteiger partial charge in [-0.25, -0.2) is 13.8 Å². The van der Waals surface area contributed by atoms with Crippen LogP contribution in [0.1, 0.15) is 54.2 Å². The number of aromatic nitrogens is 2. The maximum absolute atomic E-state index is 13.5. The van der Waals surface area contributed by atoms with Gasteiger partial charge in [0.15, 0.2) is 11.6 Å². The molecule has 2 aromatic rings. The summed E-state index contributed by atoms with van der Waals surface area (Å²) in [5.74, 6) is -0.580. The van der Waals surface area contributed by atoms with Crippen LogP contribution in [0.2, 0.25) is 0 Å². The fourth-order valence-corrected chi connectivity index (χ4v) is 4.73. The van der Waals surface area contributed by atoms with Crippen molar-refractivity contribution in [2.24, 2.45) is 5.92 Å². The minimum absolute atomic E-state index is 0.0863. The van der Waals surface area contributed by atoms with Crippen molar-refractivity contribution in [1.29, 1.82) is 0 Å². The fraction of sp³-hybridized carbons (Fsp3) is 0.522. The molecule has 8 heteroatoms. The van der Waals surface area contributed by atoms with Crippen LogP contribution in [-0.2, 0) is 24.3 Å². The van der Waals surface area contributed by atoms with Gasteiger partial charge in [-0.05, 0) is 49.9 Å². The first-order valence-corrected chi connectivity index (χ1v) is 11.0. The molecular formula is C23H26F2N4O2. The predicted molar refractivity (Wildman–Crippen MR) is 110 cm³/mol. The van der Waals surface area contributed by atoms with E-state index in [-0.39, 0.29) is 23.3 Å². The van der Waals surface area contributed by atoms with Gasteiger partial charge in [0.25, 0.3) is 5.56 Å². The molecule has 0 bridgehead atoms. The average molecular weight is 428 g/mol. The number of hydrogen-bond acceptors (Lipinski definition) is 4. The minimum atomic E-state index is -0.839. The van der Waals surface area contributed by atoms with Crippen LogP contribution in [-0.4, -0.2) is 45.3 Å². The second kappa shape index (κ2) is 8.15. The van der Waals surface area contributed by atoms with Gasteiger partial charge in [-0.15, -0.1) is 0 Å². The molecule has 1 atom stereocenters. The number of fused-ring (bicyclic) bond motifs is 1. The molecule has 6 nitrogen and oxygen atoms in total. The number of nitrogens with one attached hydrogen (secondary N) is 1. The third kappa shape index (κ3) is 4.26. The molecule has 0 radical (unpaired) electrons. The zero-order valence-electron chi connectivity index (χ0n) is 17.4. The molecule has 164 valence electrons. The van der Waals surface area contributed by atoms with Crippen molar-refractivity contribution in [2.45, 2.75) is 51.1 Å². The van der Waals surface area contributed by atoms with Crippen molar-refractivity contribution in [3.05, 3.63) is 62.8 Å². The maximum Gasteiger partial charge on any atom is 0.256 e. The molecule has 3 heterocycles. The van der Waals surface area contributed by atoms with Gasteiger partial charge in [-0.1, -0.05) is 6.07 Å². The Morgan fingerprint density at radius 1 is 1.16 bits per heavy atom. The van der Waals surface area contributed by atoms with E-state index in [9.17, 15) is 18.4 Å². The number of aromatic amines is 1. The summed E-state index contributed by atoms with van der Waals surface area (Å²) in [6.45, 7) is 3.06. The number of likely N-dealkylation sites (tertiary alicyclic amines) is 1. The first-order chi connectivity index (χ1) is 15.0. The van der Waals surface area contributed by atoms with E-state index >= 15 is 0 Å². The number of carbonyl (C=O) groups is 1. The van der Waals surface area contributed by atoms with Crippen LogP contribution in [0.25, 0.3) is 0 Å². The first-order valence-electron chi connectivity index (χ1n) is 11.0. The van der Waals surface area contributed by atoms with E-state index in [1.165, 1.54) is 6.07 Å². The van der Waals surface area contributed by atoms with Gasteiger partial charge in [-0.2, -0.15) is 0 Å². The zero-order valence-corrected chi connectivity index (χ0v) is 17.4. The summed E-state index contributed by atoms with van der Waals surface area (Å²) in [5, 5.41) is 0. The quantitative estimate of drug-likeness (QED) is 0.813. The Bertz CT molecular complexity index is 1070. The van der Waals surface area contributed by atoms with E-state index in [4.69, 9.17) is 4.98 Å². The third-order valence-electron chi connectivity index (χ3n) is 6.61.